The highest BCUT2D eigenvalue weighted by atomic mass is 32.2. The van der Waals surface area contributed by atoms with Crippen LogP contribution < -0.4 is 10.5 Å². The normalized spacial score (nSPS) is 19.0. The number of primary sulfonamides is 1. The van der Waals surface area contributed by atoms with E-state index in [-0.39, 0.29) is 23.4 Å². The molecule has 8 heteroatoms. The lowest BCUT2D eigenvalue weighted by Crippen LogP contribution is -2.49. The van der Waals surface area contributed by atoms with Gasteiger partial charge in [0.1, 0.15) is 0 Å². The smallest absolute Gasteiger partial charge is 0.238 e. The number of amides is 1. The lowest BCUT2D eigenvalue weighted by atomic mass is 10.0. The van der Waals surface area contributed by atoms with Crippen molar-refractivity contribution in [2.45, 2.75) is 10.9 Å². The Balaban J connectivity index is 1.67. The monoisotopic (exact) mass is 388 g/mol. The molecule has 3 rings (SSSR count). The quantitative estimate of drug-likeness (QED) is 0.804. The molecule has 144 valence electrons. The molecule has 1 atom stereocenters. The number of anilines is 1. The number of carbonyl (C=O) groups is 1. The number of benzene rings is 2. The fraction of sp³-hybridized carbons (Fsp3) is 0.316. The first-order valence-electron chi connectivity index (χ1n) is 8.73. The fourth-order valence-electron chi connectivity index (χ4n) is 3.25. The zero-order valence-corrected chi connectivity index (χ0v) is 16.0. The van der Waals surface area contributed by atoms with Gasteiger partial charge in [-0.25, -0.2) is 13.6 Å². The van der Waals surface area contributed by atoms with Crippen molar-refractivity contribution in [2.24, 2.45) is 5.14 Å². The molecule has 0 bridgehead atoms. The standard InChI is InChI=1S/C19H24N4O3S/c1-22-11-12-23(18(13-22)15-5-3-2-4-6-15)14-19(24)21-16-7-9-17(10-8-16)27(20,25)26/h2-10,18H,11-14H2,1H3,(H,21,24)(H2,20,25,26)/t18-/m1/s1. The minimum Gasteiger partial charge on any atom is -0.325 e. The highest BCUT2D eigenvalue weighted by Gasteiger charge is 2.27. The second-order valence-corrected chi connectivity index (χ2v) is 8.34. The van der Waals surface area contributed by atoms with Crippen LogP contribution >= 0.6 is 0 Å². The Morgan fingerprint density at radius 1 is 1.11 bits per heavy atom. The van der Waals surface area contributed by atoms with Crippen molar-refractivity contribution >= 4 is 21.6 Å². The summed E-state index contributed by atoms with van der Waals surface area (Å²) in [6.45, 7) is 2.83. The van der Waals surface area contributed by atoms with Gasteiger partial charge in [-0.15, -0.1) is 0 Å². The largest absolute Gasteiger partial charge is 0.325 e. The molecule has 2 aromatic carbocycles. The Labute approximate surface area is 159 Å². The van der Waals surface area contributed by atoms with E-state index in [4.69, 9.17) is 5.14 Å². The maximum Gasteiger partial charge on any atom is 0.238 e. The number of likely N-dealkylation sites (N-methyl/N-ethyl adjacent to an activating group) is 1. The first-order chi connectivity index (χ1) is 12.8. The molecule has 0 radical (unpaired) electrons. The molecule has 0 saturated carbocycles. The first-order valence-corrected chi connectivity index (χ1v) is 10.3. The lowest BCUT2D eigenvalue weighted by Gasteiger charge is -2.39. The number of hydrogen-bond acceptors (Lipinski definition) is 5. The van der Waals surface area contributed by atoms with Crippen LogP contribution in [0.3, 0.4) is 0 Å². The van der Waals surface area contributed by atoms with Crippen LogP contribution in [0.5, 0.6) is 0 Å². The third-order valence-electron chi connectivity index (χ3n) is 4.69. The van der Waals surface area contributed by atoms with Gasteiger partial charge in [0.2, 0.25) is 15.9 Å². The molecular formula is C19H24N4O3S. The molecule has 1 heterocycles. The van der Waals surface area contributed by atoms with Crippen molar-refractivity contribution in [1.29, 1.82) is 0 Å². The summed E-state index contributed by atoms with van der Waals surface area (Å²) in [5.41, 5.74) is 1.73. The molecular weight excluding hydrogens is 364 g/mol. The van der Waals surface area contributed by atoms with Crippen molar-refractivity contribution in [3.63, 3.8) is 0 Å². The van der Waals surface area contributed by atoms with Gasteiger partial charge in [0.25, 0.3) is 0 Å². The van der Waals surface area contributed by atoms with Gasteiger partial charge in [-0.3, -0.25) is 9.69 Å². The van der Waals surface area contributed by atoms with Crippen LogP contribution in [0.25, 0.3) is 0 Å². The molecule has 0 aromatic heterocycles. The van der Waals surface area contributed by atoms with Crippen LogP contribution in [0.2, 0.25) is 0 Å². The Hall–Kier alpha value is -2.26. The van der Waals surface area contributed by atoms with Crippen LogP contribution in [0.4, 0.5) is 5.69 Å². The number of sulfonamides is 1. The number of nitrogens with two attached hydrogens (primary N) is 1. The third-order valence-corrected chi connectivity index (χ3v) is 5.62. The summed E-state index contributed by atoms with van der Waals surface area (Å²) in [4.78, 5) is 17.0. The van der Waals surface area contributed by atoms with Gasteiger partial charge in [-0.05, 0) is 36.9 Å². The van der Waals surface area contributed by atoms with E-state index in [0.717, 1.165) is 19.6 Å². The number of nitrogens with zero attached hydrogens (tertiary/aromatic N) is 2. The van der Waals surface area contributed by atoms with E-state index in [2.05, 4.69) is 34.3 Å². The van der Waals surface area contributed by atoms with Gasteiger partial charge < -0.3 is 10.2 Å². The minimum absolute atomic E-state index is 0.0173. The van der Waals surface area contributed by atoms with Crippen molar-refractivity contribution in [2.75, 3.05) is 38.5 Å². The van der Waals surface area contributed by atoms with E-state index < -0.39 is 10.0 Å². The topological polar surface area (TPSA) is 95.7 Å². The maximum atomic E-state index is 12.5. The van der Waals surface area contributed by atoms with Gasteiger partial charge >= 0.3 is 0 Å². The Kier molecular flexibility index (Phi) is 5.91. The molecule has 0 aliphatic carbocycles. The number of rotatable bonds is 5. The summed E-state index contributed by atoms with van der Waals surface area (Å²) in [6.07, 6.45) is 0. The molecule has 1 aliphatic heterocycles. The summed E-state index contributed by atoms with van der Waals surface area (Å²) >= 11 is 0. The summed E-state index contributed by atoms with van der Waals surface area (Å²) in [7, 11) is -1.66. The predicted octanol–water partition coefficient (Wildman–Crippen LogP) is 1.26. The third kappa shape index (κ3) is 5.14. The van der Waals surface area contributed by atoms with E-state index in [9.17, 15) is 13.2 Å². The van der Waals surface area contributed by atoms with Crippen molar-refractivity contribution in [3.05, 3.63) is 60.2 Å². The number of carbonyl (C=O) groups excluding carboxylic acids is 1. The van der Waals surface area contributed by atoms with E-state index in [0.29, 0.717) is 5.69 Å². The van der Waals surface area contributed by atoms with E-state index in [1.165, 1.54) is 29.8 Å². The molecule has 3 N–H and O–H groups in total. The average molecular weight is 388 g/mol. The first kappa shape index (κ1) is 19.5. The maximum absolute atomic E-state index is 12.5. The van der Waals surface area contributed by atoms with E-state index >= 15 is 0 Å². The number of nitrogens with one attached hydrogen (secondary N) is 1. The zero-order valence-electron chi connectivity index (χ0n) is 15.2. The van der Waals surface area contributed by atoms with Crippen molar-refractivity contribution in [1.82, 2.24) is 9.80 Å². The second kappa shape index (κ2) is 8.18. The fourth-order valence-corrected chi connectivity index (χ4v) is 3.77. The van der Waals surface area contributed by atoms with Gasteiger partial charge in [0, 0.05) is 31.4 Å². The molecule has 0 unspecified atom stereocenters. The molecule has 1 aliphatic rings. The molecule has 1 fully saturated rings. The minimum atomic E-state index is -3.74. The highest BCUT2D eigenvalue weighted by Crippen LogP contribution is 2.24. The zero-order chi connectivity index (χ0) is 19.4. The van der Waals surface area contributed by atoms with Crippen LogP contribution in [0.1, 0.15) is 11.6 Å². The van der Waals surface area contributed by atoms with Crippen molar-refractivity contribution in [3.8, 4) is 0 Å². The Bertz CT molecular complexity index is 885. The van der Waals surface area contributed by atoms with Gasteiger partial charge in [0.15, 0.2) is 0 Å². The van der Waals surface area contributed by atoms with Crippen molar-refractivity contribution < 1.29 is 13.2 Å². The van der Waals surface area contributed by atoms with E-state index in [1.54, 1.807) is 0 Å². The predicted molar refractivity (Wildman–Crippen MR) is 105 cm³/mol. The molecule has 1 saturated heterocycles. The average Bonchev–Trinajstić information content (AvgIpc) is 2.63. The Morgan fingerprint density at radius 3 is 2.41 bits per heavy atom. The summed E-state index contributed by atoms with van der Waals surface area (Å²) in [5.74, 6) is -0.135. The molecule has 27 heavy (non-hydrogen) atoms. The summed E-state index contributed by atoms with van der Waals surface area (Å²) in [6, 6.07) is 16.2. The van der Waals surface area contributed by atoms with Gasteiger partial charge in [-0.2, -0.15) is 0 Å². The van der Waals surface area contributed by atoms with Crippen LogP contribution in [0, 0.1) is 0 Å². The van der Waals surface area contributed by atoms with Crippen LogP contribution in [-0.4, -0.2) is 57.4 Å². The lowest BCUT2D eigenvalue weighted by molar-refractivity contribution is -0.118. The highest BCUT2D eigenvalue weighted by molar-refractivity contribution is 7.89. The summed E-state index contributed by atoms with van der Waals surface area (Å²) in [5, 5.41) is 7.91. The summed E-state index contributed by atoms with van der Waals surface area (Å²) < 4.78 is 22.6. The molecule has 0 spiro atoms. The molecule has 2 aromatic rings. The Morgan fingerprint density at radius 2 is 1.78 bits per heavy atom. The second-order valence-electron chi connectivity index (χ2n) is 6.78. The molecule has 1 amide bonds. The van der Waals surface area contributed by atoms with Crippen LogP contribution in [0.15, 0.2) is 59.5 Å². The number of hydrogen-bond donors (Lipinski definition) is 2. The van der Waals surface area contributed by atoms with Crippen LogP contribution in [-0.2, 0) is 14.8 Å². The van der Waals surface area contributed by atoms with Gasteiger partial charge in [-0.1, -0.05) is 30.3 Å². The number of piperazine rings is 1. The SMILES string of the molecule is CN1CCN(CC(=O)Nc2ccc(S(N)(=O)=O)cc2)[C@@H](c2ccccc2)C1. The molecule has 7 nitrogen and oxygen atoms in total. The van der Waals surface area contributed by atoms with Gasteiger partial charge in [0.05, 0.1) is 11.4 Å². The van der Waals surface area contributed by atoms with E-state index in [1.807, 2.05) is 18.2 Å².